The molecule has 2 heterocycles. The monoisotopic (exact) mass is 290 g/mol. The zero-order valence-electron chi connectivity index (χ0n) is 12.2. The second-order valence-corrected chi connectivity index (χ2v) is 5.67. The molecule has 0 amide bonds. The molecular formula is C13H22O7. The van der Waals surface area contributed by atoms with Crippen molar-refractivity contribution in [3.05, 3.63) is 0 Å². The Balaban J connectivity index is 1.70. The average Bonchev–Trinajstić information content (AvgIpc) is 2.96. The van der Waals surface area contributed by atoms with E-state index in [1.165, 1.54) is 6.42 Å². The minimum Gasteiger partial charge on any atom is -0.328 e. The van der Waals surface area contributed by atoms with E-state index in [0.717, 1.165) is 25.7 Å². The van der Waals surface area contributed by atoms with Gasteiger partial charge in [0.15, 0.2) is 0 Å². The van der Waals surface area contributed by atoms with Gasteiger partial charge in [-0.25, -0.2) is 0 Å². The van der Waals surface area contributed by atoms with Gasteiger partial charge < -0.3 is 9.47 Å². The lowest BCUT2D eigenvalue weighted by Gasteiger charge is -2.35. The summed E-state index contributed by atoms with van der Waals surface area (Å²) in [5.74, 6) is -3.17. The molecule has 2 aliphatic heterocycles. The molecule has 7 nitrogen and oxygen atoms in total. The Labute approximate surface area is 118 Å². The molecule has 0 radical (unpaired) electrons. The van der Waals surface area contributed by atoms with Gasteiger partial charge in [0.25, 0.3) is 11.6 Å². The van der Waals surface area contributed by atoms with Crippen LogP contribution in [0.1, 0.15) is 52.9 Å². The van der Waals surface area contributed by atoms with Crippen molar-refractivity contribution in [2.75, 3.05) is 6.61 Å². The number of ether oxygens (including phenoxy) is 3. The lowest BCUT2D eigenvalue weighted by Crippen LogP contribution is -2.53. The first-order valence-corrected chi connectivity index (χ1v) is 7.22. The van der Waals surface area contributed by atoms with Crippen LogP contribution in [0.3, 0.4) is 0 Å². The molecule has 0 aromatic carbocycles. The largest absolute Gasteiger partial charge is 0.328 e. The summed E-state index contributed by atoms with van der Waals surface area (Å²) in [5, 5.41) is 0. The first-order chi connectivity index (χ1) is 9.51. The Morgan fingerprint density at radius 1 is 1.00 bits per heavy atom. The van der Waals surface area contributed by atoms with E-state index in [1.807, 2.05) is 6.92 Å². The molecule has 1 spiro atoms. The van der Waals surface area contributed by atoms with Crippen molar-refractivity contribution in [2.45, 2.75) is 76.7 Å². The van der Waals surface area contributed by atoms with E-state index in [1.54, 1.807) is 13.8 Å². The average molecular weight is 290 g/mol. The highest BCUT2D eigenvalue weighted by molar-refractivity contribution is 4.89. The number of hydrogen-bond donors (Lipinski definition) is 0. The van der Waals surface area contributed by atoms with Gasteiger partial charge >= 0.3 is 6.48 Å². The topological polar surface area (TPSA) is 64.6 Å². The second kappa shape index (κ2) is 5.17. The van der Waals surface area contributed by atoms with Crippen LogP contribution in [0.2, 0.25) is 0 Å². The fourth-order valence-corrected chi connectivity index (χ4v) is 2.72. The maximum Gasteiger partial charge on any atom is 0.304 e. The van der Waals surface area contributed by atoms with Crippen molar-refractivity contribution in [3.8, 4) is 0 Å². The highest BCUT2D eigenvalue weighted by atomic mass is 17.4. The van der Waals surface area contributed by atoms with Crippen LogP contribution in [0.4, 0.5) is 0 Å². The summed E-state index contributed by atoms with van der Waals surface area (Å²) in [5.41, 5.74) is 0. The van der Waals surface area contributed by atoms with Gasteiger partial charge in [-0.15, -0.1) is 0 Å². The number of hydrogen-bond acceptors (Lipinski definition) is 7. The molecular weight excluding hydrogens is 268 g/mol. The van der Waals surface area contributed by atoms with Crippen molar-refractivity contribution < 1.29 is 33.8 Å². The molecule has 1 aliphatic carbocycles. The van der Waals surface area contributed by atoms with E-state index in [2.05, 4.69) is 0 Å². The Hall–Kier alpha value is -0.280. The third kappa shape index (κ3) is 2.37. The lowest BCUT2D eigenvalue weighted by atomic mass is 9.94. The van der Waals surface area contributed by atoms with Gasteiger partial charge in [0, 0.05) is 19.4 Å². The van der Waals surface area contributed by atoms with Crippen molar-refractivity contribution >= 4 is 0 Å². The molecule has 3 aliphatic rings. The van der Waals surface area contributed by atoms with E-state index in [-0.39, 0.29) is 0 Å². The van der Waals surface area contributed by atoms with Gasteiger partial charge in [0.05, 0.1) is 0 Å². The predicted molar refractivity (Wildman–Crippen MR) is 64.6 cm³/mol. The van der Waals surface area contributed by atoms with Crippen molar-refractivity contribution in [2.24, 2.45) is 0 Å². The Morgan fingerprint density at radius 2 is 1.75 bits per heavy atom. The van der Waals surface area contributed by atoms with E-state index in [4.69, 9.17) is 33.8 Å². The van der Waals surface area contributed by atoms with Crippen LogP contribution in [-0.2, 0) is 33.8 Å². The molecule has 0 aromatic heterocycles. The minimum atomic E-state index is -1.26. The normalized spacial score (nSPS) is 44.2. The Bertz CT molecular complexity index is 357. The van der Waals surface area contributed by atoms with Gasteiger partial charge in [-0.3, -0.25) is 4.74 Å². The quantitative estimate of drug-likeness (QED) is 0.739. The van der Waals surface area contributed by atoms with Crippen LogP contribution in [0.15, 0.2) is 0 Å². The molecule has 3 unspecified atom stereocenters. The third-order valence-electron chi connectivity index (χ3n) is 4.08. The first kappa shape index (κ1) is 14.6. The van der Waals surface area contributed by atoms with Crippen molar-refractivity contribution in [1.82, 2.24) is 0 Å². The van der Waals surface area contributed by atoms with Crippen LogP contribution in [0.5, 0.6) is 0 Å². The standard InChI is InChI=1S/C13H22O7/c1-4-14-10-15-11(2,18-16-10)12(3)17-13(20-19-12)8-6-5-7-9-13/h10H,4-9H2,1-3H3. The van der Waals surface area contributed by atoms with E-state index in [9.17, 15) is 0 Å². The SMILES string of the molecule is CCOC1OOC(C)(C2(C)OOC3(CCCCC3)O2)O1. The zero-order valence-corrected chi connectivity index (χ0v) is 12.2. The fraction of sp³-hybridized carbons (Fsp3) is 1.00. The van der Waals surface area contributed by atoms with Gasteiger partial charge in [0.2, 0.25) is 5.79 Å². The summed E-state index contributed by atoms with van der Waals surface area (Å²) in [6.07, 6.45) is 4.89. The summed E-state index contributed by atoms with van der Waals surface area (Å²) >= 11 is 0. The summed E-state index contributed by atoms with van der Waals surface area (Å²) in [4.78, 5) is 21.2. The van der Waals surface area contributed by atoms with Crippen molar-refractivity contribution in [1.29, 1.82) is 0 Å². The maximum absolute atomic E-state index is 6.06. The molecule has 0 aromatic rings. The van der Waals surface area contributed by atoms with E-state index < -0.39 is 23.8 Å². The third-order valence-corrected chi connectivity index (χ3v) is 4.08. The zero-order chi connectivity index (χ0) is 14.3. The molecule has 0 bridgehead atoms. The highest BCUT2D eigenvalue weighted by Gasteiger charge is 2.65. The molecule has 3 fully saturated rings. The molecule has 1 saturated carbocycles. The van der Waals surface area contributed by atoms with Crippen LogP contribution < -0.4 is 0 Å². The van der Waals surface area contributed by atoms with E-state index in [0.29, 0.717) is 6.61 Å². The molecule has 0 N–H and O–H groups in total. The smallest absolute Gasteiger partial charge is 0.304 e. The van der Waals surface area contributed by atoms with Crippen LogP contribution in [-0.4, -0.2) is 30.4 Å². The van der Waals surface area contributed by atoms with Crippen molar-refractivity contribution in [3.63, 3.8) is 0 Å². The first-order valence-electron chi connectivity index (χ1n) is 7.22. The molecule has 7 heteroatoms. The van der Waals surface area contributed by atoms with Gasteiger partial charge in [-0.2, -0.15) is 19.6 Å². The predicted octanol–water partition coefficient (Wildman–Crippen LogP) is 2.36. The highest BCUT2D eigenvalue weighted by Crippen LogP contribution is 2.49. The fourth-order valence-electron chi connectivity index (χ4n) is 2.72. The van der Waals surface area contributed by atoms with Crippen LogP contribution in [0, 0.1) is 0 Å². The molecule has 2 saturated heterocycles. The summed E-state index contributed by atoms with van der Waals surface area (Å²) in [7, 11) is 0. The Kier molecular flexibility index (Phi) is 3.79. The molecule has 3 rings (SSSR count). The summed E-state index contributed by atoms with van der Waals surface area (Å²) < 4.78 is 16.9. The summed E-state index contributed by atoms with van der Waals surface area (Å²) in [6, 6.07) is 0. The Morgan fingerprint density at radius 3 is 2.45 bits per heavy atom. The molecule has 3 atom stereocenters. The van der Waals surface area contributed by atoms with Gasteiger partial charge in [-0.1, -0.05) is 6.42 Å². The van der Waals surface area contributed by atoms with Crippen LogP contribution >= 0.6 is 0 Å². The van der Waals surface area contributed by atoms with Crippen LogP contribution in [0.25, 0.3) is 0 Å². The maximum atomic E-state index is 6.06. The summed E-state index contributed by atoms with van der Waals surface area (Å²) in [6.45, 7) is 4.79. The number of rotatable bonds is 3. The van der Waals surface area contributed by atoms with Gasteiger partial charge in [0.1, 0.15) is 0 Å². The lowest BCUT2D eigenvalue weighted by molar-refractivity contribution is -0.437. The molecule has 116 valence electrons. The second-order valence-electron chi connectivity index (χ2n) is 5.67. The minimum absolute atomic E-state index is 0.447. The van der Waals surface area contributed by atoms with Gasteiger partial charge in [-0.05, 0) is 33.6 Å². The van der Waals surface area contributed by atoms with E-state index >= 15 is 0 Å². The molecule has 20 heavy (non-hydrogen) atoms.